The zero-order chi connectivity index (χ0) is 10.9. The molecular weight excluding hydrogens is 200 g/mol. The first-order valence-electron chi connectivity index (χ1n) is 5.69. The number of rotatable bonds is 3. The van der Waals surface area contributed by atoms with Crippen LogP contribution in [0.4, 0.5) is 8.78 Å². The van der Waals surface area contributed by atoms with E-state index >= 15 is 0 Å². The molecule has 0 radical (unpaired) electrons. The number of hydrogen-bond donors (Lipinski definition) is 1. The molecule has 15 heavy (non-hydrogen) atoms. The van der Waals surface area contributed by atoms with Crippen molar-refractivity contribution in [2.24, 2.45) is 5.92 Å². The number of halogens is 2. The maximum absolute atomic E-state index is 12.7. The van der Waals surface area contributed by atoms with Crippen LogP contribution in [0.2, 0.25) is 0 Å². The van der Waals surface area contributed by atoms with E-state index in [-0.39, 0.29) is 24.4 Å². The average Bonchev–Trinajstić information content (AvgIpc) is 2.16. The van der Waals surface area contributed by atoms with E-state index in [1.54, 1.807) is 7.11 Å². The highest BCUT2D eigenvalue weighted by molar-refractivity contribution is 4.94. The van der Waals surface area contributed by atoms with E-state index in [0.717, 1.165) is 32.4 Å². The van der Waals surface area contributed by atoms with Gasteiger partial charge in [-0.25, -0.2) is 8.78 Å². The van der Waals surface area contributed by atoms with Crippen LogP contribution < -0.4 is 5.32 Å². The maximum Gasteiger partial charge on any atom is 0.248 e. The monoisotopic (exact) mass is 219 g/mol. The third-order valence-electron chi connectivity index (χ3n) is 3.78. The number of alkyl halides is 2. The summed E-state index contributed by atoms with van der Waals surface area (Å²) in [4.78, 5) is 0. The minimum absolute atomic E-state index is 0.0611. The highest BCUT2D eigenvalue weighted by atomic mass is 19.3. The topological polar surface area (TPSA) is 21.3 Å². The van der Waals surface area contributed by atoms with Gasteiger partial charge in [0.1, 0.15) is 0 Å². The Kier molecular flexibility index (Phi) is 2.99. The Labute approximate surface area is 89.4 Å². The predicted octanol–water partition coefficient (Wildman–Crippen LogP) is 2.19. The Hall–Kier alpha value is -0.220. The van der Waals surface area contributed by atoms with Gasteiger partial charge in [-0.15, -0.1) is 0 Å². The third-order valence-corrected chi connectivity index (χ3v) is 3.78. The summed E-state index contributed by atoms with van der Waals surface area (Å²) in [7, 11) is 1.71. The van der Waals surface area contributed by atoms with Crippen molar-refractivity contribution in [2.75, 3.05) is 20.2 Å². The van der Waals surface area contributed by atoms with Gasteiger partial charge in [0.2, 0.25) is 5.92 Å². The molecule has 2 rings (SSSR count). The summed E-state index contributed by atoms with van der Waals surface area (Å²) in [5, 5.41) is 3.27. The van der Waals surface area contributed by atoms with Crippen LogP contribution in [0.1, 0.15) is 32.1 Å². The van der Waals surface area contributed by atoms with E-state index in [9.17, 15) is 8.78 Å². The molecule has 1 N–H and O–H groups in total. The van der Waals surface area contributed by atoms with Gasteiger partial charge in [-0.3, -0.25) is 0 Å². The molecule has 0 aromatic rings. The molecule has 0 amide bonds. The zero-order valence-electron chi connectivity index (χ0n) is 9.19. The SMILES string of the molecule is COC1(CC2CC(F)(F)C2)CCNCC1. The summed E-state index contributed by atoms with van der Waals surface area (Å²) in [6.45, 7) is 1.88. The first-order chi connectivity index (χ1) is 7.05. The first-order valence-corrected chi connectivity index (χ1v) is 5.69. The second-order valence-electron chi connectivity index (χ2n) is 4.97. The molecule has 88 valence electrons. The largest absolute Gasteiger partial charge is 0.378 e. The lowest BCUT2D eigenvalue weighted by Gasteiger charge is -2.43. The molecule has 4 heteroatoms. The number of piperidine rings is 1. The van der Waals surface area contributed by atoms with Gasteiger partial charge in [-0.05, 0) is 38.3 Å². The molecular formula is C11H19F2NO. The van der Waals surface area contributed by atoms with Crippen molar-refractivity contribution in [3.8, 4) is 0 Å². The van der Waals surface area contributed by atoms with Crippen LogP contribution in [-0.4, -0.2) is 31.7 Å². The van der Waals surface area contributed by atoms with Crippen LogP contribution in [0.15, 0.2) is 0 Å². The standard InChI is InChI=1S/C11H19F2NO/c1-15-10(2-4-14-5-3-10)6-9-7-11(12,13)8-9/h9,14H,2-8H2,1H3. The molecule has 0 atom stereocenters. The molecule has 0 spiro atoms. The lowest BCUT2D eigenvalue weighted by molar-refractivity contribution is -0.140. The van der Waals surface area contributed by atoms with Crippen molar-refractivity contribution >= 4 is 0 Å². The van der Waals surface area contributed by atoms with Gasteiger partial charge >= 0.3 is 0 Å². The first kappa shape index (κ1) is 11.3. The fourth-order valence-electron chi connectivity index (χ4n) is 2.83. The summed E-state index contributed by atoms with van der Waals surface area (Å²) < 4.78 is 31.0. The summed E-state index contributed by atoms with van der Waals surface area (Å²) in [5.41, 5.74) is -0.133. The Balaban J connectivity index is 1.85. The van der Waals surface area contributed by atoms with E-state index < -0.39 is 5.92 Å². The molecule has 0 unspecified atom stereocenters. The van der Waals surface area contributed by atoms with E-state index in [2.05, 4.69) is 5.32 Å². The van der Waals surface area contributed by atoms with Gasteiger partial charge in [-0.1, -0.05) is 0 Å². The molecule has 0 aromatic heterocycles. The minimum atomic E-state index is -2.40. The highest BCUT2D eigenvalue weighted by Crippen LogP contribution is 2.47. The molecule has 1 aliphatic carbocycles. The molecule has 0 bridgehead atoms. The van der Waals surface area contributed by atoms with Crippen molar-refractivity contribution in [1.82, 2.24) is 5.32 Å². The maximum atomic E-state index is 12.7. The van der Waals surface area contributed by atoms with Crippen LogP contribution in [-0.2, 0) is 4.74 Å². The van der Waals surface area contributed by atoms with Crippen LogP contribution in [0.3, 0.4) is 0 Å². The molecule has 2 nitrogen and oxygen atoms in total. The second-order valence-corrected chi connectivity index (χ2v) is 4.97. The number of nitrogens with one attached hydrogen (secondary N) is 1. The highest BCUT2D eigenvalue weighted by Gasteiger charge is 2.48. The van der Waals surface area contributed by atoms with E-state index in [1.807, 2.05) is 0 Å². The van der Waals surface area contributed by atoms with Crippen LogP contribution in [0.5, 0.6) is 0 Å². The van der Waals surface area contributed by atoms with Crippen molar-refractivity contribution in [1.29, 1.82) is 0 Å². The normalized spacial score (nSPS) is 29.8. The van der Waals surface area contributed by atoms with E-state index in [4.69, 9.17) is 4.74 Å². The minimum Gasteiger partial charge on any atom is -0.378 e. The average molecular weight is 219 g/mol. The fraction of sp³-hybridized carbons (Fsp3) is 1.00. The predicted molar refractivity (Wildman–Crippen MR) is 54.1 cm³/mol. The van der Waals surface area contributed by atoms with Gasteiger partial charge in [0, 0.05) is 20.0 Å². The summed E-state index contributed by atoms with van der Waals surface area (Å²) >= 11 is 0. The van der Waals surface area contributed by atoms with Gasteiger partial charge in [0.15, 0.2) is 0 Å². The molecule has 0 aromatic carbocycles. The van der Waals surface area contributed by atoms with Gasteiger partial charge in [0.05, 0.1) is 5.60 Å². The van der Waals surface area contributed by atoms with E-state index in [0.29, 0.717) is 0 Å². The Morgan fingerprint density at radius 2 is 1.87 bits per heavy atom. The summed E-state index contributed by atoms with van der Waals surface area (Å²) in [5.74, 6) is -2.23. The molecule has 2 fully saturated rings. The third kappa shape index (κ3) is 2.48. The van der Waals surface area contributed by atoms with Crippen molar-refractivity contribution < 1.29 is 13.5 Å². The number of methoxy groups -OCH3 is 1. The Morgan fingerprint density at radius 1 is 1.27 bits per heavy atom. The van der Waals surface area contributed by atoms with Crippen LogP contribution >= 0.6 is 0 Å². The van der Waals surface area contributed by atoms with Crippen LogP contribution in [0, 0.1) is 5.92 Å². The Morgan fingerprint density at radius 3 is 2.33 bits per heavy atom. The molecule has 2 aliphatic rings. The smallest absolute Gasteiger partial charge is 0.248 e. The van der Waals surface area contributed by atoms with Gasteiger partial charge in [-0.2, -0.15) is 0 Å². The van der Waals surface area contributed by atoms with Gasteiger partial charge in [0.25, 0.3) is 0 Å². The lowest BCUT2D eigenvalue weighted by atomic mass is 9.72. The molecule has 1 saturated heterocycles. The number of ether oxygens (including phenoxy) is 1. The van der Waals surface area contributed by atoms with Gasteiger partial charge < -0.3 is 10.1 Å². The molecule has 1 saturated carbocycles. The van der Waals surface area contributed by atoms with E-state index in [1.165, 1.54) is 0 Å². The molecule has 1 heterocycles. The lowest BCUT2D eigenvalue weighted by Crippen LogP contribution is -2.47. The summed E-state index contributed by atoms with van der Waals surface area (Å²) in [6, 6.07) is 0. The number of hydrogen-bond acceptors (Lipinski definition) is 2. The second kappa shape index (κ2) is 3.98. The van der Waals surface area contributed by atoms with Crippen molar-refractivity contribution in [3.05, 3.63) is 0 Å². The fourth-order valence-corrected chi connectivity index (χ4v) is 2.83. The Bertz CT molecular complexity index is 219. The quantitative estimate of drug-likeness (QED) is 0.785. The zero-order valence-corrected chi connectivity index (χ0v) is 9.19. The molecule has 1 aliphatic heterocycles. The van der Waals surface area contributed by atoms with Crippen molar-refractivity contribution in [3.63, 3.8) is 0 Å². The van der Waals surface area contributed by atoms with Crippen molar-refractivity contribution in [2.45, 2.75) is 43.6 Å². The summed E-state index contributed by atoms with van der Waals surface area (Å²) in [6.07, 6.45) is 2.83. The van der Waals surface area contributed by atoms with Crippen LogP contribution in [0.25, 0.3) is 0 Å².